The van der Waals surface area contributed by atoms with Gasteiger partial charge in [0.15, 0.2) is 0 Å². The van der Waals surface area contributed by atoms with Gasteiger partial charge in [-0.05, 0) is 24.3 Å². The number of likely N-dealkylation sites (N-methyl/N-ethyl adjacent to an activating group) is 1. The van der Waals surface area contributed by atoms with E-state index in [1.807, 2.05) is 18.2 Å². The van der Waals surface area contributed by atoms with Gasteiger partial charge in [-0.1, -0.05) is 25.6 Å². The molecule has 10 heteroatoms. The SMILES string of the molecule is C.CN1C(=O)[C@@H](NC(=O)c2cc(Oc3ccccc3)ccn2)COc2cc3nc[nH]c(=O)c3cc21. The van der Waals surface area contributed by atoms with E-state index in [0.717, 1.165) is 0 Å². The van der Waals surface area contributed by atoms with Crippen LogP contribution in [-0.2, 0) is 4.79 Å². The highest BCUT2D eigenvalue weighted by molar-refractivity contribution is 6.04. The average molecular weight is 473 g/mol. The van der Waals surface area contributed by atoms with Gasteiger partial charge in [0.05, 0.1) is 22.9 Å². The molecule has 0 radical (unpaired) electrons. The van der Waals surface area contributed by atoms with Gasteiger partial charge in [-0.15, -0.1) is 0 Å². The highest BCUT2D eigenvalue weighted by atomic mass is 16.5. The Morgan fingerprint density at radius 1 is 1.11 bits per heavy atom. The van der Waals surface area contributed by atoms with Crippen LogP contribution in [-0.4, -0.2) is 46.5 Å². The molecule has 0 saturated heterocycles. The zero-order valence-electron chi connectivity index (χ0n) is 18.0. The van der Waals surface area contributed by atoms with Crippen molar-refractivity contribution in [2.75, 3.05) is 18.6 Å². The maximum atomic E-state index is 13.1. The van der Waals surface area contributed by atoms with Crippen molar-refractivity contribution in [2.24, 2.45) is 0 Å². The molecular weight excluding hydrogens is 450 g/mol. The maximum absolute atomic E-state index is 13.1. The number of aromatic amines is 1. The number of anilines is 1. The number of fused-ring (bicyclic) bond motifs is 2. The van der Waals surface area contributed by atoms with Gasteiger partial charge >= 0.3 is 0 Å². The Morgan fingerprint density at radius 2 is 1.91 bits per heavy atom. The molecule has 0 bridgehead atoms. The lowest BCUT2D eigenvalue weighted by Gasteiger charge is -2.20. The second-order valence-electron chi connectivity index (χ2n) is 7.59. The highest BCUT2D eigenvalue weighted by Gasteiger charge is 2.31. The Hall–Kier alpha value is -4.73. The molecule has 2 aromatic heterocycles. The van der Waals surface area contributed by atoms with Gasteiger partial charge in [0, 0.05) is 25.4 Å². The summed E-state index contributed by atoms with van der Waals surface area (Å²) in [6, 6.07) is 14.4. The van der Waals surface area contributed by atoms with Crippen LogP contribution in [0.2, 0.25) is 0 Å². The van der Waals surface area contributed by atoms with Gasteiger partial charge in [0.1, 0.15) is 35.6 Å². The summed E-state index contributed by atoms with van der Waals surface area (Å²) < 4.78 is 11.6. The zero-order valence-corrected chi connectivity index (χ0v) is 18.0. The summed E-state index contributed by atoms with van der Waals surface area (Å²) in [5, 5.41) is 3.00. The molecule has 5 rings (SSSR count). The Morgan fingerprint density at radius 3 is 2.71 bits per heavy atom. The van der Waals surface area contributed by atoms with Gasteiger partial charge in [-0.3, -0.25) is 19.4 Å². The summed E-state index contributed by atoms with van der Waals surface area (Å²) in [7, 11) is 1.55. The van der Waals surface area contributed by atoms with Crippen LogP contribution >= 0.6 is 0 Å². The predicted octanol–water partition coefficient (Wildman–Crippen LogP) is 2.90. The van der Waals surface area contributed by atoms with Crippen molar-refractivity contribution >= 4 is 28.4 Å². The van der Waals surface area contributed by atoms with Crippen molar-refractivity contribution in [3.05, 3.63) is 83.2 Å². The van der Waals surface area contributed by atoms with E-state index in [1.165, 1.54) is 23.5 Å². The summed E-state index contributed by atoms with van der Waals surface area (Å²) in [5.41, 5.74) is 0.605. The molecule has 1 atom stereocenters. The quantitative estimate of drug-likeness (QED) is 0.467. The molecule has 2 aromatic carbocycles. The number of nitrogens with one attached hydrogen (secondary N) is 2. The van der Waals surface area contributed by atoms with Crippen molar-refractivity contribution in [3.63, 3.8) is 0 Å². The summed E-state index contributed by atoms with van der Waals surface area (Å²) in [6.07, 6.45) is 2.75. The second kappa shape index (κ2) is 9.64. The number of pyridine rings is 1. The summed E-state index contributed by atoms with van der Waals surface area (Å²) >= 11 is 0. The largest absolute Gasteiger partial charge is 0.489 e. The van der Waals surface area contributed by atoms with Gasteiger partial charge in [-0.2, -0.15) is 0 Å². The molecular formula is C25H23N5O5. The van der Waals surface area contributed by atoms with E-state index in [4.69, 9.17) is 9.47 Å². The smallest absolute Gasteiger partial charge is 0.270 e. The number of carbonyl (C=O) groups excluding carboxylic acids is 2. The number of hydrogen-bond donors (Lipinski definition) is 2. The fourth-order valence-electron chi connectivity index (χ4n) is 3.62. The molecule has 10 nitrogen and oxygen atoms in total. The predicted molar refractivity (Wildman–Crippen MR) is 130 cm³/mol. The Labute approximate surface area is 200 Å². The number of carbonyl (C=O) groups is 2. The monoisotopic (exact) mass is 473 g/mol. The number of rotatable bonds is 4. The Kier molecular flexibility index (Phi) is 6.45. The molecule has 0 spiro atoms. The van der Waals surface area contributed by atoms with Crippen molar-refractivity contribution in [1.82, 2.24) is 20.3 Å². The molecule has 0 aliphatic carbocycles. The highest BCUT2D eigenvalue weighted by Crippen LogP contribution is 2.33. The number of nitrogens with zero attached hydrogens (tertiary/aromatic N) is 3. The van der Waals surface area contributed by atoms with Crippen molar-refractivity contribution in [3.8, 4) is 17.2 Å². The first-order valence-corrected chi connectivity index (χ1v) is 10.4. The van der Waals surface area contributed by atoms with Gasteiger partial charge in [0.2, 0.25) is 0 Å². The lowest BCUT2D eigenvalue weighted by atomic mass is 10.2. The van der Waals surface area contributed by atoms with Crippen LogP contribution in [0, 0.1) is 0 Å². The molecule has 4 aromatic rings. The fourth-order valence-corrected chi connectivity index (χ4v) is 3.62. The van der Waals surface area contributed by atoms with E-state index < -0.39 is 17.9 Å². The van der Waals surface area contributed by atoms with Crippen LogP contribution in [0.1, 0.15) is 17.9 Å². The van der Waals surface area contributed by atoms with Gasteiger partial charge in [-0.25, -0.2) is 4.98 Å². The fraction of sp³-hybridized carbons (Fsp3) is 0.160. The molecule has 2 amide bonds. The molecule has 1 aliphatic heterocycles. The number of para-hydroxylation sites is 1. The third kappa shape index (κ3) is 4.67. The number of ether oxygens (including phenoxy) is 2. The molecule has 0 saturated carbocycles. The standard InChI is InChI=1S/C24H19N5O5.CH4/c1-29-20-10-16-17(26-13-27-22(16)30)11-21(20)33-12-19(24(29)32)28-23(31)18-9-15(7-8-25-18)34-14-5-3-2-4-6-14;/h2-11,13,19H,12H2,1H3,(H,28,31)(H,26,27,30);1H4/t19-;/m0./s1. The van der Waals surface area contributed by atoms with Crippen LogP contribution in [0.4, 0.5) is 5.69 Å². The van der Waals surface area contributed by atoms with E-state index in [-0.39, 0.29) is 25.3 Å². The topological polar surface area (TPSA) is 127 Å². The third-order valence-electron chi connectivity index (χ3n) is 5.36. The lowest BCUT2D eigenvalue weighted by molar-refractivity contribution is -0.120. The van der Waals surface area contributed by atoms with E-state index in [1.54, 1.807) is 37.4 Å². The molecule has 35 heavy (non-hydrogen) atoms. The lowest BCUT2D eigenvalue weighted by Crippen LogP contribution is -2.49. The van der Waals surface area contributed by atoms with Gasteiger partial charge < -0.3 is 24.7 Å². The Bertz CT molecular complexity index is 1450. The number of H-pyrrole nitrogens is 1. The first-order valence-electron chi connectivity index (χ1n) is 10.4. The number of amides is 2. The van der Waals surface area contributed by atoms with Crippen LogP contribution in [0.15, 0.2) is 71.9 Å². The van der Waals surface area contributed by atoms with E-state index in [2.05, 4.69) is 20.3 Å². The first kappa shape index (κ1) is 23.4. The van der Waals surface area contributed by atoms with Crippen molar-refractivity contribution in [1.29, 1.82) is 0 Å². The van der Waals surface area contributed by atoms with E-state index in [9.17, 15) is 14.4 Å². The number of benzene rings is 2. The summed E-state index contributed by atoms with van der Waals surface area (Å²) in [4.78, 5) is 50.2. The summed E-state index contributed by atoms with van der Waals surface area (Å²) in [5.74, 6) is 0.484. The van der Waals surface area contributed by atoms with Crippen LogP contribution < -0.4 is 25.2 Å². The molecule has 2 N–H and O–H groups in total. The minimum Gasteiger partial charge on any atom is -0.489 e. The Balaban J connectivity index is 0.00000289. The zero-order chi connectivity index (χ0) is 23.7. The van der Waals surface area contributed by atoms with Crippen LogP contribution in [0.5, 0.6) is 17.2 Å². The van der Waals surface area contributed by atoms with Crippen LogP contribution in [0.3, 0.4) is 0 Å². The minimum atomic E-state index is -0.972. The van der Waals surface area contributed by atoms with E-state index >= 15 is 0 Å². The normalized spacial score (nSPS) is 14.8. The minimum absolute atomic E-state index is 0. The molecule has 3 heterocycles. The first-order chi connectivity index (χ1) is 16.5. The molecule has 0 fully saturated rings. The van der Waals surface area contributed by atoms with Gasteiger partial charge in [0.25, 0.3) is 17.4 Å². The maximum Gasteiger partial charge on any atom is 0.270 e. The number of hydrogen-bond acceptors (Lipinski definition) is 7. The molecule has 178 valence electrons. The van der Waals surface area contributed by atoms with Crippen molar-refractivity contribution in [2.45, 2.75) is 13.5 Å². The molecule has 0 unspecified atom stereocenters. The van der Waals surface area contributed by atoms with Crippen molar-refractivity contribution < 1.29 is 19.1 Å². The van der Waals surface area contributed by atoms with E-state index in [0.29, 0.717) is 33.8 Å². The molecule has 1 aliphatic rings. The summed E-state index contributed by atoms with van der Waals surface area (Å²) in [6.45, 7) is -0.100. The number of aromatic nitrogens is 3. The average Bonchev–Trinajstić information content (AvgIpc) is 2.96. The third-order valence-corrected chi connectivity index (χ3v) is 5.36. The van der Waals surface area contributed by atoms with Crippen LogP contribution in [0.25, 0.3) is 10.9 Å². The second-order valence-corrected chi connectivity index (χ2v) is 7.59.